The van der Waals surface area contributed by atoms with E-state index in [-0.39, 0.29) is 11.7 Å². The molecular formula is C18H14FN3OS. The number of benzene rings is 2. The molecule has 1 amide bonds. The van der Waals surface area contributed by atoms with Gasteiger partial charge >= 0.3 is 0 Å². The highest BCUT2D eigenvalue weighted by atomic mass is 32.1. The number of fused-ring (bicyclic) bond motifs is 2. The first kappa shape index (κ1) is 14.8. The molecule has 0 radical (unpaired) electrons. The fourth-order valence-electron chi connectivity index (χ4n) is 2.68. The lowest BCUT2D eigenvalue weighted by atomic mass is 10.2. The second kappa shape index (κ2) is 6.05. The topological polar surface area (TPSA) is 46.9 Å². The second-order valence-corrected chi connectivity index (χ2v) is 6.53. The van der Waals surface area contributed by atoms with Crippen LogP contribution in [0.3, 0.4) is 0 Å². The third-order valence-electron chi connectivity index (χ3n) is 3.86. The molecule has 24 heavy (non-hydrogen) atoms. The lowest BCUT2D eigenvalue weighted by Gasteiger charge is -2.05. The first-order chi connectivity index (χ1) is 11.7. The van der Waals surface area contributed by atoms with Gasteiger partial charge in [-0.25, -0.2) is 9.37 Å². The van der Waals surface area contributed by atoms with Gasteiger partial charge in [0.05, 0.1) is 15.7 Å². The van der Waals surface area contributed by atoms with Crippen LogP contribution in [0.25, 0.3) is 21.1 Å². The van der Waals surface area contributed by atoms with E-state index >= 15 is 0 Å². The van der Waals surface area contributed by atoms with Crippen molar-refractivity contribution < 1.29 is 9.18 Å². The molecule has 0 aliphatic carbocycles. The van der Waals surface area contributed by atoms with Crippen molar-refractivity contribution in [1.82, 2.24) is 9.55 Å². The van der Waals surface area contributed by atoms with E-state index in [0.29, 0.717) is 18.1 Å². The molecule has 6 heteroatoms. The van der Waals surface area contributed by atoms with Crippen molar-refractivity contribution >= 4 is 43.5 Å². The monoisotopic (exact) mass is 339 g/mol. The summed E-state index contributed by atoms with van der Waals surface area (Å²) >= 11 is 1.45. The van der Waals surface area contributed by atoms with Crippen molar-refractivity contribution in [2.75, 3.05) is 5.32 Å². The molecule has 0 aliphatic rings. The van der Waals surface area contributed by atoms with Crippen molar-refractivity contribution in [2.24, 2.45) is 0 Å². The summed E-state index contributed by atoms with van der Waals surface area (Å²) < 4.78 is 16.3. The molecular weight excluding hydrogens is 325 g/mol. The SMILES string of the molecule is O=C(CCn1ccc2ccc(F)cc21)Nc1nc2ccccc2s1. The summed E-state index contributed by atoms with van der Waals surface area (Å²) in [6.07, 6.45) is 2.17. The average Bonchev–Trinajstić information content (AvgIpc) is 3.15. The number of nitrogens with zero attached hydrogens (tertiary/aromatic N) is 2. The Morgan fingerprint density at radius 1 is 1.21 bits per heavy atom. The minimum absolute atomic E-state index is 0.104. The molecule has 2 aromatic heterocycles. The van der Waals surface area contributed by atoms with Crippen molar-refractivity contribution in [1.29, 1.82) is 0 Å². The van der Waals surface area contributed by atoms with Crippen molar-refractivity contribution in [3.63, 3.8) is 0 Å². The van der Waals surface area contributed by atoms with Crippen LogP contribution >= 0.6 is 11.3 Å². The normalized spacial score (nSPS) is 11.2. The molecule has 0 spiro atoms. The number of aromatic nitrogens is 2. The van der Waals surface area contributed by atoms with E-state index in [2.05, 4.69) is 10.3 Å². The molecule has 2 aromatic carbocycles. The number of rotatable bonds is 4. The molecule has 1 N–H and O–H groups in total. The number of aryl methyl sites for hydroxylation is 1. The van der Waals surface area contributed by atoms with Crippen molar-refractivity contribution in [3.05, 3.63) is 60.5 Å². The Hall–Kier alpha value is -2.73. The third kappa shape index (κ3) is 2.88. The van der Waals surface area contributed by atoms with Crippen LogP contribution in [0.15, 0.2) is 54.7 Å². The van der Waals surface area contributed by atoms with E-state index in [4.69, 9.17) is 0 Å². The Kier molecular flexibility index (Phi) is 3.74. The maximum atomic E-state index is 13.4. The Morgan fingerprint density at radius 2 is 2.08 bits per heavy atom. The van der Waals surface area contributed by atoms with Gasteiger partial charge in [-0.15, -0.1) is 0 Å². The highest BCUT2D eigenvalue weighted by Crippen LogP contribution is 2.25. The predicted molar refractivity (Wildman–Crippen MR) is 94.8 cm³/mol. The van der Waals surface area contributed by atoms with Gasteiger partial charge in [-0.05, 0) is 41.8 Å². The second-order valence-electron chi connectivity index (χ2n) is 5.50. The Morgan fingerprint density at radius 3 is 2.96 bits per heavy atom. The number of carbonyl (C=O) groups is 1. The lowest BCUT2D eigenvalue weighted by Crippen LogP contribution is -2.14. The maximum Gasteiger partial charge on any atom is 0.227 e. The van der Waals surface area contributed by atoms with Gasteiger partial charge in [0.1, 0.15) is 5.82 Å². The first-order valence-electron chi connectivity index (χ1n) is 7.59. The summed E-state index contributed by atoms with van der Waals surface area (Å²) in [5.74, 6) is -0.381. The number of anilines is 1. The molecule has 0 fully saturated rings. The van der Waals surface area contributed by atoms with Crippen LogP contribution in [0, 0.1) is 5.82 Å². The zero-order chi connectivity index (χ0) is 16.5. The quantitative estimate of drug-likeness (QED) is 0.598. The Balaban J connectivity index is 1.45. The number of carbonyl (C=O) groups excluding carboxylic acids is 1. The zero-order valence-electron chi connectivity index (χ0n) is 12.7. The van der Waals surface area contributed by atoms with Crippen LogP contribution in [-0.4, -0.2) is 15.5 Å². The zero-order valence-corrected chi connectivity index (χ0v) is 13.5. The fourth-order valence-corrected chi connectivity index (χ4v) is 3.56. The molecule has 0 unspecified atom stereocenters. The first-order valence-corrected chi connectivity index (χ1v) is 8.40. The summed E-state index contributed by atoms with van der Waals surface area (Å²) in [7, 11) is 0. The lowest BCUT2D eigenvalue weighted by molar-refractivity contribution is -0.116. The number of hydrogen-bond donors (Lipinski definition) is 1. The molecule has 4 nitrogen and oxygen atoms in total. The van der Waals surface area contributed by atoms with Crippen LogP contribution in [0.5, 0.6) is 0 Å². The number of para-hydroxylation sites is 1. The van der Waals surface area contributed by atoms with Gasteiger partial charge in [0.15, 0.2) is 5.13 Å². The molecule has 0 aliphatic heterocycles. The molecule has 4 aromatic rings. The molecule has 0 saturated carbocycles. The molecule has 4 rings (SSSR count). The van der Waals surface area contributed by atoms with E-state index < -0.39 is 0 Å². The summed E-state index contributed by atoms with van der Waals surface area (Å²) in [4.78, 5) is 16.5. The van der Waals surface area contributed by atoms with Crippen LogP contribution in [0.2, 0.25) is 0 Å². The number of nitrogens with one attached hydrogen (secondary N) is 1. The van der Waals surface area contributed by atoms with Gasteiger partial charge < -0.3 is 9.88 Å². The summed E-state index contributed by atoms with van der Waals surface area (Å²) in [5, 5.41) is 4.40. The van der Waals surface area contributed by atoms with E-state index in [1.165, 1.54) is 23.5 Å². The van der Waals surface area contributed by atoms with E-state index in [0.717, 1.165) is 21.1 Å². The Bertz CT molecular complexity index is 1000. The van der Waals surface area contributed by atoms with Crippen LogP contribution in [0.4, 0.5) is 9.52 Å². The number of hydrogen-bond acceptors (Lipinski definition) is 3. The van der Waals surface area contributed by atoms with Crippen molar-refractivity contribution in [3.8, 4) is 0 Å². The van der Waals surface area contributed by atoms with Crippen LogP contribution < -0.4 is 5.32 Å². The highest BCUT2D eigenvalue weighted by Gasteiger charge is 2.09. The van der Waals surface area contributed by atoms with Crippen LogP contribution in [-0.2, 0) is 11.3 Å². The van der Waals surface area contributed by atoms with Gasteiger partial charge in [-0.2, -0.15) is 0 Å². The fraction of sp³-hybridized carbons (Fsp3) is 0.111. The third-order valence-corrected chi connectivity index (χ3v) is 4.81. The smallest absolute Gasteiger partial charge is 0.227 e. The predicted octanol–water partition coefficient (Wildman–Crippen LogP) is 4.42. The molecule has 120 valence electrons. The van der Waals surface area contributed by atoms with Gasteiger partial charge in [-0.3, -0.25) is 4.79 Å². The summed E-state index contributed by atoms with van der Waals surface area (Å²) in [6, 6.07) is 14.3. The number of amides is 1. The molecule has 0 saturated heterocycles. The standard InChI is InChI=1S/C18H14FN3OS/c19-13-6-5-12-7-9-22(15(12)11-13)10-8-17(23)21-18-20-14-3-1-2-4-16(14)24-18/h1-7,9,11H,8,10H2,(H,20,21,23). The van der Waals surface area contributed by atoms with Gasteiger partial charge in [-0.1, -0.05) is 23.5 Å². The Labute approximate surface area is 141 Å². The van der Waals surface area contributed by atoms with E-state index in [1.54, 1.807) is 6.07 Å². The highest BCUT2D eigenvalue weighted by molar-refractivity contribution is 7.22. The summed E-state index contributed by atoms with van der Waals surface area (Å²) in [6.45, 7) is 0.490. The average molecular weight is 339 g/mol. The van der Waals surface area contributed by atoms with Gasteiger partial charge in [0.25, 0.3) is 0 Å². The number of halogens is 1. The minimum atomic E-state index is -0.277. The molecule has 0 atom stereocenters. The van der Waals surface area contributed by atoms with Gasteiger partial charge in [0.2, 0.25) is 5.91 Å². The molecule has 2 heterocycles. The summed E-state index contributed by atoms with van der Waals surface area (Å²) in [5.41, 5.74) is 1.67. The molecule has 0 bridgehead atoms. The van der Waals surface area contributed by atoms with Gasteiger partial charge in [0, 0.05) is 19.2 Å². The minimum Gasteiger partial charge on any atom is -0.347 e. The van der Waals surface area contributed by atoms with E-state index in [1.807, 2.05) is 41.1 Å². The number of thiazole rings is 1. The van der Waals surface area contributed by atoms with Crippen LogP contribution in [0.1, 0.15) is 6.42 Å². The largest absolute Gasteiger partial charge is 0.347 e. The maximum absolute atomic E-state index is 13.4. The van der Waals surface area contributed by atoms with E-state index in [9.17, 15) is 9.18 Å². The van der Waals surface area contributed by atoms with Crippen molar-refractivity contribution in [2.45, 2.75) is 13.0 Å².